The fourth-order valence-electron chi connectivity index (χ4n) is 2.43. The molecule has 1 aromatic carbocycles. The molecule has 94 valence electrons. The molecular weight excluding hydrogens is 276 g/mol. The van der Waals surface area contributed by atoms with Crippen molar-refractivity contribution >= 4 is 21.6 Å². The van der Waals surface area contributed by atoms with Crippen molar-refractivity contribution in [3.63, 3.8) is 0 Å². The molecule has 0 saturated heterocycles. The second kappa shape index (κ2) is 5.87. The minimum absolute atomic E-state index is 0.443. The van der Waals surface area contributed by atoms with Gasteiger partial charge >= 0.3 is 0 Å². The minimum atomic E-state index is 0.443. The summed E-state index contributed by atoms with van der Waals surface area (Å²) in [5, 5.41) is 3.57. The first-order valence-electron chi connectivity index (χ1n) is 6.41. The van der Waals surface area contributed by atoms with Gasteiger partial charge in [-0.1, -0.05) is 22.0 Å². The SMILES string of the molecule is Cc1ccc(Br)cc1NCC1CCC(N)CC1. The van der Waals surface area contributed by atoms with Gasteiger partial charge in [-0.3, -0.25) is 0 Å². The minimum Gasteiger partial charge on any atom is -0.385 e. The molecule has 1 fully saturated rings. The monoisotopic (exact) mass is 296 g/mol. The number of rotatable bonds is 3. The second-order valence-corrected chi connectivity index (χ2v) is 6.04. The number of nitrogens with one attached hydrogen (secondary N) is 1. The van der Waals surface area contributed by atoms with Crippen LogP contribution in [0, 0.1) is 12.8 Å². The third-order valence-corrected chi connectivity index (χ3v) is 4.17. The molecule has 1 saturated carbocycles. The van der Waals surface area contributed by atoms with Crippen LogP contribution in [0.3, 0.4) is 0 Å². The first-order valence-corrected chi connectivity index (χ1v) is 7.20. The van der Waals surface area contributed by atoms with Crippen molar-refractivity contribution in [2.45, 2.75) is 38.6 Å². The maximum Gasteiger partial charge on any atom is 0.0381 e. The van der Waals surface area contributed by atoms with Crippen LogP contribution in [0.4, 0.5) is 5.69 Å². The van der Waals surface area contributed by atoms with E-state index in [4.69, 9.17) is 5.73 Å². The Morgan fingerprint density at radius 1 is 1.29 bits per heavy atom. The molecule has 0 aromatic heterocycles. The molecule has 0 atom stereocenters. The van der Waals surface area contributed by atoms with Crippen molar-refractivity contribution in [3.05, 3.63) is 28.2 Å². The summed E-state index contributed by atoms with van der Waals surface area (Å²) in [6.07, 6.45) is 4.90. The Morgan fingerprint density at radius 2 is 2.00 bits per heavy atom. The molecule has 3 heteroatoms. The smallest absolute Gasteiger partial charge is 0.0381 e. The first kappa shape index (κ1) is 12.9. The Bertz CT molecular complexity index is 370. The molecule has 2 nitrogen and oxygen atoms in total. The van der Waals surface area contributed by atoms with Gasteiger partial charge in [0, 0.05) is 22.7 Å². The highest BCUT2D eigenvalue weighted by Crippen LogP contribution is 2.25. The molecule has 0 unspecified atom stereocenters. The summed E-state index contributed by atoms with van der Waals surface area (Å²) in [6, 6.07) is 6.83. The van der Waals surface area contributed by atoms with Crippen molar-refractivity contribution in [2.24, 2.45) is 11.7 Å². The van der Waals surface area contributed by atoms with E-state index in [0.717, 1.165) is 16.9 Å². The van der Waals surface area contributed by atoms with E-state index in [1.165, 1.54) is 36.9 Å². The average molecular weight is 297 g/mol. The van der Waals surface area contributed by atoms with Gasteiger partial charge in [0.1, 0.15) is 0 Å². The number of halogens is 1. The predicted octanol–water partition coefficient (Wildman–Crippen LogP) is 3.69. The van der Waals surface area contributed by atoms with Gasteiger partial charge in [-0.15, -0.1) is 0 Å². The summed E-state index contributed by atoms with van der Waals surface area (Å²) >= 11 is 3.51. The van der Waals surface area contributed by atoms with Crippen LogP contribution in [0.15, 0.2) is 22.7 Å². The first-order chi connectivity index (χ1) is 8.15. The number of anilines is 1. The third kappa shape index (κ3) is 3.71. The zero-order valence-electron chi connectivity index (χ0n) is 10.4. The highest BCUT2D eigenvalue weighted by molar-refractivity contribution is 9.10. The Morgan fingerprint density at radius 3 is 2.71 bits per heavy atom. The number of hydrogen-bond donors (Lipinski definition) is 2. The topological polar surface area (TPSA) is 38.0 Å². The lowest BCUT2D eigenvalue weighted by Gasteiger charge is -2.26. The van der Waals surface area contributed by atoms with E-state index in [1.54, 1.807) is 0 Å². The fourth-order valence-corrected chi connectivity index (χ4v) is 2.79. The van der Waals surface area contributed by atoms with Crippen molar-refractivity contribution in [1.82, 2.24) is 0 Å². The van der Waals surface area contributed by atoms with Gasteiger partial charge in [-0.2, -0.15) is 0 Å². The van der Waals surface area contributed by atoms with Crippen molar-refractivity contribution < 1.29 is 0 Å². The number of benzene rings is 1. The molecule has 0 amide bonds. The molecule has 17 heavy (non-hydrogen) atoms. The quantitative estimate of drug-likeness (QED) is 0.893. The van der Waals surface area contributed by atoms with Gasteiger partial charge in [-0.05, 0) is 56.2 Å². The lowest BCUT2D eigenvalue weighted by atomic mass is 9.86. The molecule has 0 radical (unpaired) electrons. The summed E-state index contributed by atoms with van der Waals surface area (Å²) in [5.74, 6) is 0.785. The van der Waals surface area contributed by atoms with E-state index < -0.39 is 0 Å². The van der Waals surface area contributed by atoms with Gasteiger partial charge in [0.15, 0.2) is 0 Å². The maximum absolute atomic E-state index is 5.92. The van der Waals surface area contributed by atoms with Crippen LogP contribution in [0.1, 0.15) is 31.2 Å². The molecular formula is C14H21BrN2. The largest absolute Gasteiger partial charge is 0.385 e. The van der Waals surface area contributed by atoms with E-state index in [2.05, 4.69) is 46.4 Å². The van der Waals surface area contributed by atoms with E-state index >= 15 is 0 Å². The Labute approximate surface area is 112 Å². The predicted molar refractivity (Wildman–Crippen MR) is 77.3 cm³/mol. The van der Waals surface area contributed by atoms with Gasteiger partial charge in [0.05, 0.1) is 0 Å². The Hall–Kier alpha value is -0.540. The molecule has 1 aliphatic rings. The molecule has 0 spiro atoms. The van der Waals surface area contributed by atoms with Crippen molar-refractivity contribution in [1.29, 1.82) is 0 Å². The van der Waals surface area contributed by atoms with Crippen LogP contribution in [-0.4, -0.2) is 12.6 Å². The Kier molecular flexibility index (Phi) is 4.46. The van der Waals surface area contributed by atoms with Gasteiger partial charge in [0.2, 0.25) is 0 Å². The number of hydrogen-bond acceptors (Lipinski definition) is 2. The number of nitrogens with two attached hydrogens (primary N) is 1. The third-order valence-electron chi connectivity index (χ3n) is 3.67. The maximum atomic E-state index is 5.92. The second-order valence-electron chi connectivity index (χ2n) is 5.12. The van der Waals surface area contributed by atoms with Crippen LogP contribution >= 0.6 is 15.9 Å². The van der Waals surface area contributed by atoms with Crippen LogP contribution in [-0.2, 0) is 0 Å². The van der Waals surface area contributed by atoms with Crippen LogP contribution in [0.2, 0.25) is 0 Å². The van der Waals surface area contributed by atoms with E-state index in [0.29, 0.717) is 6.04 Å². The van der Waals surface area contributed by atoms with E-state index in [-0.39, 0.29) is 0 Å². The standard InChI is InChI=1S/C14H21BrN2/c1-10-2-5-12(15)8-14(10)17-9-11-3-6-13(16)7-4-11/h2,5,8,11,13,17H,3-4,6-7,9,16H2,1H3. The number of aryl methyl sites for hydroxylation is 1. The van der Waals surface area contributed by atoms with Crippen LogP contribution in [0.25, 0.3) is 0 Å². The Balaban J connectivity index is 1.87. The molecule has 0 aliphatic heterocycles. The van der Waals surface area contributed by atoms with Crippen molar-refractivity contribution in [2.75, 3.05) is 11.9 Å². The molecule has 3 N–H and O–H groups in total. The highest BCUT2D eigenvalue weighted by atomic mass is 79.9. The van der Waals surface area contributed by atoms with Gasteiger partial charge in [-0.25, -0.2) is 0 Å². The van der Waals surface area contributed by atoms with Crippen LogP contribution < -0.4 is 11.1 Å². The lowest BCUT2D eigenvalue weighted by molar-refractivity contribution is 0.339. The fraction of sp³-hybridized carbons (Fsp3) is 0.571. The van der Waals surface area contributed by atoms with E-state index in [1.807, 2.05) is 0 Å². The zero-order valence-corrected chi connectivity index (χ0v) is 12.0. The molecule has 0 heterocycles. The lowest BCUT2D eigenvalue weighted by Crippen LogP contribution is -2.29. The van der Waals surface area contributed by atoms with Crippen molar-refractivity contribution in [3.8, 4) is 0 Å². The molecule has 0 bridgehead atoms. The van der Waals surface area contributed by atoms with Crippen LogP contribution in [0.5, 0.6) is 0 Å². The molecule has 1 aromatic rings. The van der Waals surface area contributed by atoms with E-state index in [9.17, 15) is 0 Å². The highest BCUT2D eigenvalue weighted by Gasteiger charge is 2.18. The average Bonchev–Trinajstić information content (AvgIpc) is 2.32. The van der Waals surface area contributed by atoms with Gasteiger partial charge in [0.25, 0.3) is 0 Å². The summed E-state index contributed by atoms with van der Waals surface area (Å²) in [7, 11) is 0. The summed E-state index contributed by atoms with van der Waals surface area (Å²) in [6.45, 7) is 3.22. The summed E-state index contributed by atoms with van der Waals surface area (Å²) in [4.78, 5) is 0. The molecule has 1 aliphatic carbocycles. The normalized spacial score (nSPS) is 24.6. The molecule has 2 rings (SSSR count). The zero-order chi connectivity index (χ0) is 12.3. The summed E-state index contributed by atoms with van der Waals surface area (Å²) < 4.78 is 1.14. The van der Waals surface area contributed by atoms with Gasteiger partial charge < -0.3 is 11.1 Å². The summed E-state index contributed by atoms with van der Waals surface area (Å²) in [5.41, 5.74) is 8.47.